The van der Waals surface area contributed by atoms with E-state index in [0.29, 0.717) is 17.6 Å². The lowest BCUT2D eigenvalue weighted by Crippen LogP contribution is -2.48. The molecule has 1 fully saturated rings. The third-order valence-corrected chi connectivity index (χ3v) is 7.75. The van der Waals surface area contributed by atoms with Gasteiger partial charge < -0.3 is 14.4 Å². The minimum absolute atomic E-state index is 0.0964. The van der Waals surface area contributed by atoms with Gasteiger partial charge in [-0.2, -0.15) is 0 Å². The summed E-state index contributed by atoms with van der Waals surface area (Å²) in [5.41, 5.74) is 3.50. The molecule has 2 bridgehead atoms. The fourth-order valence-electron chi connectivity index (χ4n) is 4.94. The Morgan fingerprint density at radius 2 is 1.97 bits per heavy atom. The Labute approximate surface area is 179 Å². The maximum Gasteiger partial charge on any atom is 0.250 e. The Morgan fingerprint density at radius 1 is 1.10 bits per heavy atom. The molecule has 7 heteroatoms. The molecule has 0 saturated carbocycles. The number of rotatable bonds is 2. The Bertz CT molecular complexity index is 1030. The number of nitrogens with zero attached hydrogens (tertiary/aromatic N) is 3. The van der Waals surface area contributed by atoms with Crippen molar-refractivity contribution in [2.24, 2.45) is 5.92 Å². The summed E-state index contributed by atoms with van der Waals surface area (Å²) >= 11 is 7.17. The first kappa shape index (κ1) is 18.9. The number of pyridine rings is 1. The number of hydrogen-bond acceptors (Lipinski definition) is 4. The van der Waals surface area contributed by atoms with Crippen LogP contribution in [0.3, 0.4) is 0 Å². The summed E-state index contributed by atoms with van der Waals surface area (Å²) in [6.45, 7) is 3.21. The van der Waals surface area contributed by atoms with Gasteiger partial charge >= 0.3 is 0 Å². The third-order valence-electron chi connectivity index (χ3n) is 6.25. The minimum atomic E-state index is 0.0964. The number of piperidine rings is 1. The molecule has 3 aliphatic rings. The molecule has 1 amide bonds. The number of hydrogen-bond donors (Lipinski definition) is 0. The molecule has 2 aromatic rings. The van der Waals surface area contributed by atoms with Gasteiger partial charge in [-0.3, -0.25) is 9.59 Å². The highest BCUT2D eigenvalue weighted by Gasteiger charge is 2.35. The molecule has 0 spiro atoms. The molecule has 2 atom stereocenters. The molecule has 0 aliphatic carbocycles. The summed E-state index contributed by atoms with van der Waals surface area (Å²) in [6.07, 6.45) is 2.03. The summed E-state index contributed by atoms with van der Waals surface area (Å²) in [7, 11) is 0. The Hall–Kier alpha value is -2.12. The lowest BCUT2D eigenvalue weighted by Gasteiger charge is -2.43. The van der Waals surface area contributed by atoms with E-state index in [0.717, 1.165) is 54.7 Å². The molecular formula is C22H23N3O2S2. The topological polar surface area (TPSA) is 45.6 Å². The van der Waals surface area contributed by atoms with Gasteiger partial charge in [0.2, 0.25) is 5.91 Å². The standard InChI is InChI=1S/C22H23N3O2S2/c26-20-7-3-6-19-17-10-15(12-25(19)20)11-23(13-17)22(28)29-14-21(27)24-9-8-16-4-1-2-5-18(16)24/h1-7,15,17H,8-14H2/t15-,17-/m1/s1. The van der Waals surface area contributed by atoms with Crippen molar-refractivity contribution in [3.63, 3.8) is 0 Å². The zero-order valence-corrected chi connectivity index (χ0v) is 17.8. The lowest BCUT2D eigenvalue weighted by molar-refractivity contribution is -0.116. The number of anilines is 1. The number of thiocarbonyl (C=S) groups is 1. The number of carbonyl (C=O) groups is 1. The van der Waals surface area contributed by atoms with Gasteiger partial charge in [0.25, 0.3) is 5.56 Å². The first-order valence-electron chi connectivity index (χ1n) is 10.1. The monoisotopic (exact) mass is 425 g/mol. The molecule has 3 aliphatic heterocycles. The molecule has 1 saturated heterocycles. The van der Waals surface area contributed by atoms with Crippen molar-refractivity contribution in [3.05, 3.63) is 64.1 Å². The van der Waals surface area contributed by atoms with E-state index < -0.39 is 0 Å². The third kappa shape index (κ3) is 3.51. The maximum atomic E-state index is 12.8. The number of likely N-dealkylation sites (tertiary alicyclic amines) is 1. The van der Waals surface area contributed by atoms with Gasteiger partial charge in [0, 0.05) is 49.5 Å². The lowest BCUT2D eigenvalue weighted by atomic mass is 9.83. The number of para-hydroxylation sites is 1. The number of benzene rings is 1. The number of thioether (sulfide) groups is 1. The van der Waals surface area contributed by atoms with Crippen LogP contribution in [0, 0.1) is 5.92 Å². The van der Waals surface area contributed by atoms with Gasteiger partial charge in [0.05, 0.1) is 5.75 Å². The summed E-state index contributed by atoms with van der Waals surface area (Å²) in [5.74, 6) is 1.25. The molecule has 5 rings (SSSR count). The molecule has 4 heterocycles. The summed E-state index contributed by atoms with van der Waals surface area (Å²) in [6, 6.07) is 13.7. The van der Waals surface area contributed by atoms with E-state index in [-0.39, 0.29) is 11.5 Å². The second-order valence-corrected chi connectivity index (χ2v) is 9.69. The van der Waals surface area contributed by atoms with E-state index in [2.05, 4.69) is 17.0 Å². The molecular weight excluding hydrogens is 402 g/mol. The zero-order chi connectivity index (χ0) is 20.0. The second kappa shape index (κ2) is 7.61. The largest absolute Gasteiger partial charge is 0.356 e. The molecule has 1 aromatic carbocycles. The van der Waals surface area contributed by atoms with Gasteiger partial charge in [-0.25, -0.2) is 0 Å². The van der Waals surface area contributed by atoms with Crippen LogP contribution < -0.4 is 10.5 Å². The summed E-state index contributed by atoms with van der Waals surface area (Å²) < 4.78 is 2.73. The predicted octanol–water partition coefficient (Wildman–Crippen LogP) is 2.87. The van der Waals surface area contributed by atoms with Crippen molar-refractivity contribution in [1.29, 1.82) is 0 Å². The van der Waals surface area contributed by atoms with Crippen LogP contribution >= 0.6 is 24.0 Å². The fraction of sp³-hybridized carbons (Fsp3) is 0.409. The summed E-state index contributed by atoms with van der Waals surface area (Å²) in [5, 5.41) is 0. The fourth-order valence-corrected chi connectivity index (χ4v) is 6.00. The average molecular weight is 426 g/mol. The van der Waals surface area contributed by atoms with E-state index in [1.165, 1.54) is 17.3 Å². The first-order valence-corrected chi connectivity index (χ1v) is 11.5. The minimum Gasteiger partial charge on any atom is -0.356 e. The average Bonchev–Trinajstić information content (AvgIpc) is 3.17. The molecule has 0 radical (unpaired) electrons. The molecule has 150 valence electrons. The van der Waals surface area contributed by atoms with Crippen LogP contribution in [-0.2, 0) is 17.8 Å². The first-order chi connectivity index (χ1) is 14.1. The molecule has 0 N–H and O–H groups in total. The van der Waals surface area contributed by atoms with Crippen molar-refractivity contribution < 1.29 is 4.79 Å². The number of carbonyl (C=O) groups excluding carboxylic acids is 1. The summed E-state index contributed by atoms with van der Waals surface area (Å²) in [4.78, 5) is 29.1. The van der Waals surface area contributed by atoms with Crippen LogP contribution in [-0.4, -0.2) is 45.1 Å². The van der Waals surface area contributed by atoms with Crippen molar-refractivity contribution in [3.8, 4) is 0 Å². The predicted molar refractivity (Wildman–Crippen MR) is 121 cm³/mol. The van der Waals surface area contributed by atoms with E-state index in [1.54, 1.807) is 6.07 Å². The van der Waals surface area contributed by atoms with Gasteiger partial charge in [0.1, 0.15) is 4.32 Å². The highest BCUT2D eigenvalue weighted by molar-refractivity contribution is 8.23. The Kier molecular flexibility index (Phi) is 4.95. The van der Waals surface area contributed by atoms with Crippen LogP contribution in [0.25, 0.3) is 0 Å². The number of aromatic nitrogens is 1. The quantitative estimate of drug-likeness (QED) is 0.693. The van der Waals surface area contributed by atoms with Crippen LogP contribution in [0.15, 0.2) is 47.3 Å². The van der Waals surface area contributed by atoms with Crippen LogP contribution in [0.4, 0.5) is 5.69 Å². The van der Waals surface area contributed by atoms with Crippen molar-refractivity contribution in [2.75, 3.05) is 30.3 Å². The molecule has 5 nitrogen and oxygen atoms in total. The highest BCUT2D eigenvalue weighted by Crippen LogP contribution is 2.36. The van der Waals surface area contributed by atoms with Crippen molar-refractivity contribution in [1.82, 2.24) is 9.47 Å². The van der Waals surface area contributed by atoms with E-state index in [9.17, 15) is 9.59 Å². The van der Waals surface area contributed by atoms with E-state index in [4.69, 9.17) is 12.2 Å². The van der Waals surface area contributed by atoms with Crippen LogP contribution in [0.5, 0.6) is 0 Å². The van der Waals surface area contributed by atoms with E-state index in [1.807, 2.05) is 33.7 Å². The Balaban J connectivity index is 1.23. The molecule has 1 aromatic heterocycles. The normalized spacial score (nSPS) is 22.2. The second-order valence-electron chi connectivity index (χ2n) is 8.08. The van der Waals surface area contributed by atoms with Gasteiger partial charge in [0.15, 0.2) is 0 Å². The smallest absolute Gasteiger partial charge is 0.250 e. The van der Waals surface area contributed by atoms with Crippen molar-refractivity contribution >= 4 is 39.9 Å². The van der Waals surface area contributed by atoms with Gasteiger partial charge in [-0.1, -0.05) is 48.2 Å². The zero-order valence-electron chi connectivity index (χ0n) is 16.1. The maximum absolute atomic E-state index is 12.8. The SMILES string of the molecule is O=C(CSC(=S)N1C[C@H]2C[C@H](C1)c1cccc(=O)n1C2)N1CCc2ccccc21. The van der Waals surface area contributed by atoms with Crippen LogP contribution in [0.1, 0.15) is 23.6 Å². The van der Waals surface area contributed by atoms with E-state index >= 15 is 0 Å². The number of fused-ring (bicyclic) bond motifs is 5. The van der Waals surface area contributed by atoms with Crippen LogP contribution in [0.2, 0.25) is 0 Å². The van der Waals surface area contributed by atoms with Gasteiger partial charge in [-0.05, 0) is 36.5 Å². The molecule has 29 heavy (non-hydrogen) atoms. The number of amides is 1. The van der Waals surface area contributed by atoms with Gasteiger partial charge in [-0.15, -0.1) is 0 Å². The molecule has 0 unspecified atom stereocenters. The Morgan fingerprint density at radius 3 is 2.86 bits per heavy atom. The van der Waals surface area contributed by atoms with Crippen molar-refractivity contribution in [2.45, 2.75) is 25.3 Å². The highest BCUT2D eigenvalue weighted by atomic mass is 32.2.